The highest BCUT2D eigenvalue weighted by atomic mass is 32.2. The Bertz CT molecular complexity index is 675. The van der Waals surface area contributed by atoms with Crippen molar-refractivity contribution in [3.8, 4) is 0 Å². The number of rotatable bonds is 3. The largest absolute Gasteiger partial charge is 0.396 e. The third kappa shape index (κ3) is 3.16. The maximum atomic E-state index is 13.3. The van der Waals surface area contributed by atoms with Crippen LogP contribution >= 0.6 is 0 Å². The van der Waals surface area contributed by atoms with Crippen LogP contribution in [0.25, 0.3) is 0 Å². The molecule has 8 heteroatoms. The smallest absolute Gasteiger partial charge is 0.243 e. The number of sulfonamides is 1. The van der Waals surface area contributed by atoms with Crippen LogP contribution in [-0.2, 0) is 14.8 Å². The fraction of sp³-hybridized carbons (Fsp3) is 0.462. The zero-order chi connectivity index (χ0) is 15.8. The Balaban J connectivity index is 2.28. The van der Waals surface area contributed by atoms with E-state index in [0.29, 0.717) is 18.5 Å². The molecule has 6 nitrogen and oxygen atoms in total. The van der Waals surface area contributed by atoms with E-state index in [1.807, 2.05) is 0 Å². The van der Waals surface area contributed by atoms with Gasteiger partial charge in [-0.2, -0.15) is 4.31 Å². The van der Waals surface area contributed by atoms with E-state index < -0.39 is 15.8 Å². The number of halogens is 1. The van der Waals surface area contributed by atoms with Crippen LogP contribution in [-0.4, -0.2) is 37.8 Å². The molecule has 0 aliphatic carbocycles. The lowest BCUT2D eigenvalue weighted by molar-refractivity contribution is -0.119. The number of hydrogen-bond donors (Lipinski definition) is 2. The van der Waals surface area contributed by atoms with E-state index in [-0.39, 0.29) is 29.1 Å². The average molecular weight is 315 g/mol. The third-order valence-corrected chi connectivity index (χ3v) is 5.48. The Morgan fingerprint density at radius 2 is 2.14 bits per heavy atom. The number of hydrogen-bond acceptors (Lipinski definition) is 4. The zero-order valence-corrected chi connectivity index (χ0v) is 12.7. The van der Waals surface area contributed by atoms with E-state index in [2.05, 4.69) is 5.32 Å². The minimum Gasteiger partial charge on any atom is -0.396 e. The SMILES string of the molecule is CC(=O)NC1CCN(S(=O)(=O)c2cc(N)c(F)cc2C)C1. The van der Waals surface area contributed by atoms with Crippen LogP contribution in [0.4, 0.5) is 10.1 Å². The van der Waals surface area contributed by atoms with Crippen molar-refractivity contribution in [2.45, 2.75) is 31.2 Å². The van der Waals surface area contributed by atoms with Crippen LogP contribution < -0.4 is 11.1 Å². The van der Waals surface area contributed by atoms with Gasteiger partial charge in [-0.1, -0.05) is 0 Å². The van der Waals surface area contributed by atoms with Crippen molar-refractivity contribution >= 4 is 21.6 Å². The van der Waals surface area contributed by atoms with Gasteiger partial charge in [-0.25, -0.2) is 12.8 Å². The van der Waals surface area contributed by atoms with Crippen molar-refractivity contribution in [2.24, 2.45) is 0 Å². The second-order valence-corrected chi connectivity index (χ2v) is 7.09. The summed E-state index contributed by atoms with van der Waals surface area (Å²) in [5, 5.41) is 2.70. The molecule has 0 saturated carbocycles. The molecule has 0 radical (unpaired) electrons. The van der Waals surface area contributed by atoms with Crippen molar-refractivity contribution in [3.63, 3.8) is 0 Å². The highest BCUT2D eigenvalue weighted by Gasteiger charge is 2.34. The van der Waals surface area contributed by atoms with Gasteiger partial charge < -0.3 is 11.1 Å². The summed E-state index contributed by atoms with van der Waals surface area (Å²) < 4.78 is 39.8. The molecule has 1 fully saturated rings. The first-order chi connectivity index (χ1) is 9.71. The van der Waals surface area contributed by atoms with Crippen molar-refractivity contribution < 1.29 is 17.6 Å². The lowest BCUT2D eigenvalue weighted by Crippen LogP contribution is -2.37. The summed E-state index contributed by atoms with van der Waals surface area (Å²) in [6, 6.07) is 2.06. The van der Waals surface area contributed by atoms with Crippen LogP contribution in [0.2, 0.25) is 0 Å². The Hall–Kier alpha value is -1.67. The van der Waals surface area contributed by atoms with E-state index >= 15 is 0 Å². The molecule has 0 spiro atoms. The summed E-state index contributed by atoms with van der Waals surface area (Å²) in [6.07, 6.45) is 0.550. The van der Waals surface area contributed by atoms with Gasteiger partial charge in [0.25, 0.3) is 0 Å². The van der Waals surface area contributed by atoms with Gasteiger partial charge in [0, 0.05) is 26.1 Å². The molecular weight excluding hydrogens is 297 g/mol. The number of aryl methyl sites for hydroxylation is 1. The summed E-state index contributed by atoms with van der Waals surface area (Å²) >= 11 is 0. The lowest BCUT2D eigenvalue weighted by Gasteiger charge is -2.18. The van der Waals surface area contributed by atoms with E-state index in [4.69, 9.17) is 5.73 Å². The Morgan fingerprint density at radius 3 is 2.76 bits per heavy atom. The quantitative estimate of drug-likeness (QED) is 0.800. The van der Waals surface area contributed by atoms with Crippen molar-refractivity contribution in [1.82, 2.24) is 9.62 Å². The molecule has 1 aromatic rings. The number of nitrogens with zero attached hydrogens (tertiary/aromatic N) is 1. The van der Waals surface area contributed by atoms with E-state index in [1.165, 1.54) is 18.2 Å². The van der Waals surface area contributed by atoms with Gasteiger partial charge in [0.1, 0.15) is 5.82 Å². The van der Waals surface area contributed by atoms with Crippen LogP contribution in [0.15, 0.2) is 17.0 Å². The van der Waals surface area contributed by atoms with Gasteiger partial charge in [0.15, 0.2) is 0 Å². The van der Waals surface area contributed by atoms with Gasteiger partial charge in [-0.15, -0.1) is 0 Å². The van der Waals surface area contributed by atoms with Gasteiger partial charge in [0.2, 0.25) is 15.9 Å². The van der Waals surface area contributed by atoms with Crippen molar-refractivity contribution in [2.75, 3.05) is 18.8 Å². The summed E-state index contributed by atoms with van der Waals surface area (Å²) in [7, 11) is -3.74. The summed E-state index contributed by atoms with van der Waals surface area (Å²) in [4.78, 5) is 11.0. The minimum absolute atomic E-state index is 0.00451. The summed E-state index contributed by atoms with van der Waals surface area (Å²) in [5.41, 5.74) is 5.58. The molecule has 1 aliphatic rings. The molecule has 0 aromatic heterocycles. The predicted molar refractivity (Wildman–Crippen MR) is 76.5 cm³/mol. The van der Waals surface area contributed by atoms with E-state index in [9.17, 15) is 17.6 Å². The fourth-order valence-corrected chi connectivity index (χ4v) is 4.18. The number of benzene rings is 1. The molecule has 2 rings (SSSR count). The second kappa shape index (κ2) is 5.61. The van der Waals surface area contributed by atoms with Crippen LogP contribution in [0.1, 0.15) is 18.9 Å². The lowest BCUT2D eigenvalue weighted by atomic mass is 10.2. The molecule has 3 N–H and O–H groups in total. The highest BCUT2D eigenvalue weighted by Crippen LogP contribution is 2.27. The molecule has 1 aromatic carbocycles. The number of amides is 1. The molecular formula is C13H18FN3O3S. The van der Waals surface area contributed by atoms with Crippen molar-refractivity contribution in [3.05, 3.63) is 23.5 Å². The van der Waals surface area contributed by atoms with Crippen molar-refractivity contribution in [1.29, 1.82) is 0 Å². The fourth-order valence-electron chi connectivity index (χ4n) is 2.44. The molecule has 21 heavy (non-hydrogen) atoms. The van der Waals surface area contributed by atoms with Crippen LogP contribution in [0.5, 0.6) is 0 Å². The number of carbonyl (C=O) groups is 1. The maximum Gasteiger partial charge on any atom is 0.243 e. The molecule has 1 amide bonds. The summed E-state index contributed by atoms with van der Waals surface area (Å²) in [5.74, 6) is -0.828. The first-order valence-electron chi connectivity index (χ1n) is 6.54. The average Bonchev–Trinajstić information content (AvgIpc) is 2.81. The molecule has 1 atom stereocenters. The molecule has 1 aliphatic heterocycles. The van der Waals surface area contributed by atoms with Crippen LogP contribution in [0, 0.1) is 12.7 Å². The molecule has 116 valence electrons. The Kier molecular flexibility index (Phi) is 4.20. The highest BCUT2D eigenvalue weighted by molar-refractivity contribution is 7.89. The van der Waals surface area contributed by atoms with Gasteiger partial charge >= 0.3 is 0 Å². The number of carbonyl (C=O) groups excluding carboxylic acids is 1. The topological polar surface area (TPSA) is 92.5 Å². The van der Waals surface area contributed by atoms with Gasteiger partial charge in [-0.3, -0.25) is 4.79 Å². The maximum absolute atomic E-state index is 13.3. The molecule has 1 unspecified atom stereocenters. The minimum atomic E-state index is -3.74. The third-order valence-electron chi connectivity index (χ3n) is 3.47. The number of anilines is 1. The zero-order valence-electron chi connectivity index (χ0n) is 11.9. The number of nitrogens with two attached hydrogens (primary N) is 1. The normalized spacial score (nSPS) is 19.7. The number of nitrogen functional groups attached to an aromatic ring is 1. The first kappa shape index (κ1) is 15.7. The van der Waals surface area contributed by atoms with E-state index in [0.717, 1.165) is 12.1 Å². The molecule has 1 heterocycles. The molecule has 0 bridgehead atoms. The van der Waals surface area contributed by atoms with Gasteiger partial charge in [-0.05, 0) is 31.0 Å². The standard InChI is InChI=1S/C13H18FN3O3S/c1-8-5-11(14)12(15)6-13(8)21(19,20)17-4-3-10(7-17)16-9(2)18/h5-6,10H,3-4,7,15H2,1-2H3,(H,16,18). The monoisotopic (exact) mass is 315 g/mol. The number of nitrogens with one attached hydrogen (secondary N) is 1. The second-order valence-electron chi connectivity index (χ2n) is 5.19. The Morgan fingerprint density at radius 1 is 1.48 bits per heavy atom. The molecule has 1 saturated heterocycles. The Labute approximate surface area is 123 Å². The van der Waals surface area contributed by atoms with Gasteiger partial charge in [0.05, 0.1) is 10.6 Å². The predicted octanol–water partition coefficient (Wildman–Crippen LogP) is 0.615. The first-order valence-corrected chi connectivity index (χ1v) is 7.98. The summed E-state index contributed by atoms with van der Waals surface area (Å²) in [6.45, 7) is 3.43. The van der Waals surface area contributed by atoms with Crippen LogP contribution in [0.3, 0.4) is 0 Å². The van der Waals surface area contributed by atoms with E-state index in [1.54, 1.807) is 0 Å².